The van der Waals surface area contributed by atoms with E-state index in [0.717, 1.165) is 12.1 Å². The van der Waals surface area contributed by atoms with Crippen molar-refractivity contribution in [1.82, 2.24) is 0 Å². The van der Waals surface area contributed by atoms with E-state index in [9.17, 15) is 4.79 Å². The maximum atomic E-state index is 11.7. The number of fused-ring (bicyclic) bond motifs is 1. The molecule has 0 amide bonds. The molecule has 1 N–H and O–H groups in total. The van der Waals surface area contributed by atoms with E-state index < -0.39 is 0 Å². The SMILES string of the molecule is CCOCC(=O)C1Cc2ccccc2N1. The monoisotopic (exact) mass is 205 g/mol. The predicted octanol–water partition coefficient (Wildman–Crippen LogP) is 1.63. The van der Waals surface area contributed by atoms with Crippen LogP contribution < -0.4 is 5.32 Å². The van der Waals surface area contributed by atoms with Crippen LogP contribution in [0.4, 0.5) is 5.69 Å². The number of nitrogens with one attached hydrogen (secondary N) is 1. The Balaban J connectivity index is 1.98. The zero-order chi connectivity index (χ0) is 10.7. The van der Waals surface area contributed by atoms with Gasteiger partial charge >= 0.3 is 0 Å². The first-order valence-corrected chi connectivity index (χ1v) is 5.26. The van der Waals surface area contributed by atoms with E-state index >= 15 is 0 Å². The fraction of sp³-hybridized carbons (Fsp3) is 0.417. The van der Waals surface area contributed by atoms with Crippen molar-refractivity contribution in [3.05, 3.63) is 29.8 Å². The summed E-state index contributed by atoms with van der Waals surface area (Å²) in [5.74, 6) is 0.132. The maximum absolute atomic E-state index is 11.7. The Morgan fingerprint density at radius 3 is 3.07 bits per heavy atom. The summed E-state index contributed by atoms with van der Waals surface area (Å²) in [5.41, 5.74) is 2.29. The molecule has 1 aliphatic rings. The topological polar surface area (TPSA) is 38.3 Å². The number of para-hydroxylation sites is 1. The maximum Gasteiger partial charge on any atom is 0.180 e. The molecule has 1 heterocycles. The number of carbonyl (C=O) groups excluding carboxylic acids is 1. The molecule has 1 atom stereocenters. The molecular formula is C12H15NO2. The van der Waals surface area contributed by atoms with Crippen LogP contribution in [0.5, 0.6) is 0 Å². The number of ketones is 1. The highest BCUT2D eigenvalue weighted by molar-refractivity contribution is 5.90. The van der Waals surface area contributed by atoms with Crippen LogP contribution in [0.2, 0.25) is 0 Å². The molecule has 0 saturated heterocycles. The fourth-order valence-corrected chi connectivity index (χ4v) is 1.80. The molecule has 2 rings (SSSR count). The van der Waals surface area contributed by atoms with Gasteiger partial charge in [0.15, 0.2) is 5.78 Å². The molecule has 0 spiro atoms. The molecule has 3 nitrogen and oxygen atoms in total. The molecule has 1 aromatic carbocycles. The van der Waals surface area contributed by atoms with E-state index in [1.807, 2.05) is 25.1 Å². The zero-order valence-electron chi connectivity index (χ0n) is 8.82. The van der Waals surface area contributed by atoms with Crippen LogP contribution in [0.3, 0.4) is 0 Å². The minimum absolute atomic E-state index is 0.103. The van der Waals surface area contributed by atoms with Gasteiger partial charge in [0, 0.05) is 18.7 Å². The van der Waals surface area contributed by atoms with Crippen molar-refractivity contribution in [2.75, 3.05) is 18.5 Å². The zero-order valence-corrected chi connectivity index (χ0v) is 8.82. The van der Waals surface area contributed by atoms with Gasteiger partial charge in [-0.1, -0.05) is 18.2 Å². The summed E-state index contributed by atoms with van der Waals surface area (Å²) in [5, 5.41) is 3.21. The van der Waals surface area contributed by atoms with Crippen LogP contribution >= 0.6 is 0 Å². The Bertz CT molecular complexity index is 337. The Kier molecular flexibility index (Phi) is 3.02. The van der Waals surface area contributed by atoms with Crippen LogP contribution in [0, 0.1) is 0 Å². The molecule has 80 valence electrons. The van der Waals surface area contributed by atoms with Gasteiger partial charge < -0.3 is 10.1 Å². The predicted molar refractivity (Wildman–Crippen MR) is 59.1 cm³/mol. The molecule has 0 fully saturated rings. The summed E-state index contributed by atoms with van der Waals surface area (Å²) in [6.45, 7) is 2.69. The summed E-state index contributed by atoms with van der Waals surface area (Å²) >= 11 is 0. The Morgan fingerprint density at radius 2 is 2.33 bits per heavy atom. The van der Waals surface area contributed by atoms with Crippen molar-refractivity contribution in [3.63, 3.8) is 0 Å². The van der Waals surface area contributed by atoms with Crippen LogP contribution in [-0.2, 0) is 16.0 Å². The van der Waals surface area contributed by atoms with Crippen molar-refractivity contribution in [1.29, 1.82) is 0 Å². The highest BCUT2D eigenvalue weighted by Crippen LogP contribution is 2.25. The molecule has 0 aliphatic carbocycles. The summed E-state index contributed by atoms with van der Waals surface area (Å²) in [6, 6.07) is 7.92. The lowest BCUT2D eigenvalue weighted by Crippen LogP contribution is -2.30. The minimum atomic E-state index is -0.103. The van der Waals surface area contributed by atoms with Gasteiger partial charge in [0.05, 0.1) is 6.04 Å². The van der Waals surface area contributed by atoms with Crippen molar-refractivity contribution >= 4 is 11.5 Å². The molecule has 0 radical (unpaired) electrons. The summed E-state index contributed by atoms with van der Waals surface area (Å²) in [6.07, 6.45) is 0.780. The van der Waals surface area contributed by atoms with Crippen LogP contribution in [0.1, 0.15) is 12.5 Å². The Morgan fingerprint density at radius 1 is 1.53 bits per heavy atom. The number of benzene rings is 1. The van der Waals surface area contributed by atoms with Crippen LogP contribution in [0.25, 0.3) is 0 Å². The Labute approximate surface area is 89.4 Å². The standard InChI is InChI=1S/C12H15NO2/c1-2-15-8-12(14)11-7-9-5-3-4-6-10(9)13-11/h3-6,11,13H,2,7-8H2,1H3. The molecule has 0 bridgehead atoms. The number of hydrogen-bond acceptors (Lipinski definition) is 3. The van der Waals surface area contributed by atoms with Crippen molar-refractivity contribution < 1.29 is 9.53 Å². The number of ether oxygens (including phenoxy) is 1. The molecule has 0 saturated carbocycles. The second kappa shape index (κ2) is 4.45. The van der Waals surface area contributed by atoms with Gasteiger partial charge in [-0.05, 0) is 18.6 Å². The van der Waals surface area contributed by atoms with E-state index in [4.69, 9.17) is 4.74 Å². The lowest BCUT2D eigenvalue weighted by atomic mass is 10.1. The summed E-state index contributed by atoms with van der Waals surface area (Å²) in [4.78, 5) is 11.7. The van der Waals surface area contributed by atoms with Gasteiger partial charge in [-0.3, -0.25) is 4.79 Å². The molecule has 1 aliphatic heterocycles. The van der Waals surface area contributed by atoms with Gasteiger partial charge in [0.2, 0.25) is 0 Å². The van der Waals surface area contributed by atoms with Crippen molar-refractivity contribution in [2.45, 2.75) is 19.4 Å². The smallest absolute Gasteiger partial charge is 0.180 e. The molecule has 15 heavy (non-hydrogen) atoms. The van der Waals surface area contributed by atoms with Gasteiger partial charge in [-0.2, -0.15) is 0 Å². The lowest BCUT2D eigenvalue weighted by molar-refractivity contribution is -0.124. The quantitative estimate of drug-likeness (QED) is 0.812. The van der Waals surface area contributed by atoms with E-state index in [1.54, 1.807) is 0 Å². The van der Waals surface area contributed by atoms with Crippen LogP contribution in [-0.4, -0.2) is 25.0 Å². The normalized spacial score (nSPS) is 18.3. The van der Waals surface area contributed by atoms with Gasteiger partial charge in [0.25, 0.3) is 0 Å². The van der Waals surface area contributed by atoms with Gasteiger partial charge in [-0.25, -0.2) is 0 Å². The average Bonchev–Trinajstić information content (AvgIpc) is 2.69. The molecular weight excluding hydrogens is 190 g/mol. The number of rotatable bonds is 4. The first-order valence-electron chi connectivity index (χ1n) is 5.26. The second-order valence-corrected chi connectivity index (χ2v) is 3.66. The summed E-state index contributed by atoms with van der Waals surface area (Å²) < 4.78 is 5.12. The van der Waals surface area contributed by atoms with Gasteiger partial charge in [-0.15, -0.1) is 0 Å². The number of carbonyl (C=O) groups is 1. The highest BCUT2D eigenvalue weighted by Gasteiger charge is 2.25. The third-order valence-electron chi connectivity index (χ3n) is 2.61. The third-order valence-corrected chi connectivity index (χ3v) is 2.61. The number of Topliss-reactive ketones (excluding diaryl/α,β-unsaturated/α-hetero) is 1. The average molecular weight is 205 g/mol. The minimum Gasteiger partial charge on any atom is -0.375 e. The molecule has 0 aromatic heterocycles. The highest BCUT2D eigenvalue weighted by atomic mass is 16.5. The third kappa shape index (κ3) is 2.18. The number of hydrogen-bond donors (Lipinski definition) is 1. The first-order chi connectivity index (χ1) is 7.31. The second-order valence-electron chi connectivity index (χ2n) is 3.66. The van der Waals surface area contributed by atoms with E-state index in [2.05, 4.69) is 11.4 Å². The fourth-order valence-electron chi connectivity index (χ4n) is 1.80. The van der Waals surface area contributed by atoms with Crippen molar-refractivity contribution in [3.8, 4) is 0 Å². The van der Waals surface area contributed by atoms with Gasteiger partial charge in [0.1, 0.15) is 6.61 Å². The van der Waals surface area contributed by atoms with Crippen molar-refractivity contribution in [2.24, 2.45) is 0 Å². The molecule has 1 unspecified atom stereocenters. The summed E-state index contributed by atoms with van der Waals surface area (Å²) in [7, 11) is 0. The van der Waals surface area contributed by atoms with E-state index in [-0.39, 0.29) is 18.4 Å². The first kappa shape index (κ1) is 10.2. The van der Waals surface area contributed by atoms with E-state index in [0.29, 0.717) is 6.61 Å². The van der Waals surface area contributed by atoms with Crippen LogP contribution in [0.15, 0.2) is 24.3 Å². The molecule has 3 heteroatoms. The number of anilines is 1. The Hall–Kier alpha value is -1.35. The molecule has 1 aromatic rings. The lowest BCUT2D eigenvalue weighted by Gasteiger charge is -2.09. The largest absolute Gasteiger partial charge is 0.375 e. The van der Waals surface area contributed by atoms with E-state index in [1.165, 1.54) is 5.56 Å².